The molecule has 0 fully saturated rings. The van der Waals surface area contributed by atoms with E-state index in [0.717, 1.165) is 19.4 Å². The molecule has 0 atom stereocenters. The predicted molar refractivity (Wildman–Crippen MR) is 52.7 cm³/mol. The quantitative estimate of drug-likeness (QED) is 0.655. The summed E-state index contributed by atoms with van der Waals surface area (Å²) in [4.78, 5) is 0. The Labute approximate surface area is 74.8 Å². The molecule has 0 amide bonds. The van der Waals surface area contributed by atoms with Crippen LogP contribution in [0, 0.1) is 6.54 Å². The molecule has 0 saturated heterocycles. The molecule has 1 radical (unpaired) electrons. The molecule has 0 aliphatic rings. The summed E-state index contributed by atoms with van der Waals surface area (Å²) in [6, 6.07) is 10.5. The maximum absolute atomic E-state index is 3.26. The third-order valence-corrected chi connectivity index (χ3v) is 1.75. The van der Waals surface area contributed by atoms with Crippen molar-refractivity contribution in [3.63, 3.8) is 0 Å². The molecule has 0 saturated carbocycles. The van der Waals surface area contributed by atoms with Gasteiger partial charge in [0.05, 0.1) is 0 Å². The summed E-state index contributed by atoms with van der Waals surface area (Å²) in [5.41, 5.74) is 1.40. The molecule has 1 rings (SSSR count). The van der Waals surface area contributed by atoms with Gasteiger partial charge < -0.3 is 5.32 Å². The zero-order valence-electron chi connectivity index (χ0n) is 7.59. The van der Waals surface area contributed by atoms with Gasteiger partial charge in [0, 0.05) is 6.54 Å². The largest absolute Gasteiger partial charge is 0.312 e. The Morgan fingerprint density at radius 3 is 2.67 bits per heavy atom. The fourth-order valence-corrected chi connectivity index (χ4v) is 1.11. The van der Waals surface area contributed by atoms with Gasteiger partial charge in [-0.3, -0.25) is 0 Å². The second-order valence-electron chi connectivity index (χ2n) is 2.80. The molecule has 0 aliphatic carbocycles. The number of benzene rings is 1. The second kappa shape index (κ2) is 5.78. The van der Waals surface area contributed by atoms with E-state index in [1.54, 1.807) is 0 Å². The van der Waals surface area contributed by atoms with Crippen LogP contribution in [-0.4, -0.2) is 6.54 Å². The first-order valence-electron chi connectivity index (χ1n) is 4.52. The summed E-state index contributed by atoms with van der Waals surface area (Å²) in [5.74, 6) is 0. The topological polar surface area (TPSA) is 12.0 Å². The van der Waals surface area contributed by atoms with Crippen molar-refractivity contribution in [2.24, 2.45) is 0 Å². The lowest BCUT2D eigenvalue weighted by Gasteiger charge is -2.01. The number of hydrogen-bond donors (Lipinski definition) is 1. The average Bonchev–Trinajstić information content (AvgIpc) is 2.14. The Kier molecular flexibility index (Phi) is 4.47. The highest BCUT2D eigenvalue weighted by Crippen LogP contribution is 1.98. The van der Waals surface area contributed by atoms with Gasteiger partial charge in [-0.1, -0.05) is 37.3 Å². The molecular weight excluding hydrogens is 146 g/mol. The molecule has 1 nitrogen and oxygen atoms in total. The van der Waals surface area contributed by atoms with Crippen LogP contribution in [0.5, 0.6) is 0 Å². The van der Waals surface area contributed by atoms with Crippen LogP contribution in [0.15, 0.2) is 30.3 Å². The molecule has 0 aliphatic heterocycles. The van der Waals surface area contributed by atoms with Gasteiger partial charge in [0.25, 0.3) is 0 Å². The zero-order valence-corrected chi connectivity index (χ0v) is 7.59. The van der Waals surface area contributed by atoms with Crippen LogP contribution in [0.2, 0.25) is 0 Å². The summed E-state index contributed by atoms with van der Waals surface area (Å²) >= 11 is 0. The van der Waals surface area contributed by atoms with Crippen molar-refractivity contribution in [3.8, 4) is 0 Å². The number of rotatable bonds is 5. The molecule has 0 unspecified atom stereocenters. The predicted octanol–water partition coefficient (Wildman–Crippen LogP) is 2.39. The van der Waals surface area contributed by atoms with Crippen molar-refractivity contribution in [2.75, 3.05) is 6.54 Å². The van der Waals surface area contributed by atoms with E-state index in [0.29, 0.717) is 0 Å². The minimum atomic E-state index is 1.04. The summed E-state index contributed by atoms with van der Waals surface area (Å²) in [6.45, 7) is 5.27. The van der Waals surface area contributed by atoms with E-state index in [1.165, 1.54) is 5.56 Å². The lowest BCUT2D eigenvalue weighted by atomic mass is 10.1. The van der Waals surface area contributed by atoms with E-state index < -0.39 is 0 Å². The average molecular weight is 162 g/mol. The van der Waals surface area contributed by atoms with Gasteiger partial charge >= 0.3 is 0 Å². The van der Waals surface area contributed by atoms with Crippen LogP contribution in [0.1, 0.15) is 18.9 Å². The Morgan fingerprint density at radius 2 is 2.00 bits per heavy atom. The van der Waals surface area contributed by atoms with E-state index in [1.807, 2.05) is 0 Å². The zero-order chi connectivity index (χ0) is 8.65. The molecular formula is C11H16N. The van der Waals surface area contributed by atoms with E-state index in [-0.39, 0.29) is 0 Å². The monoisotopic (exact) mass is 162 g/mol. The van der Waals surface area contributed by atoms with Gasteiger partial charge in [0.2, 0.25) is 0 Å². The SMILES string of the molecule is CC[CH]NCCc1ccccc1. The highest BCUT2D eigenvalue weighted by molar-refractivity contribution is 5.14. The third kappa shape index (κ3) is 3.54. The van der Waals surface area contributed by atoms with Gasteiger partial charge in [0.15, 0.2) is 0 Å². The van der Waals surface area contributed by atoms with E-state index in [4.69, 9.17) is 0 Å². The minimum Gasteiger partial charge on any atom is -0.312 e. The molecule has 1 N–H and O–H groups in total. The van der Waals surface area contributed by atoms with Gasteiger partial charge in [0.1, 0.15) is 0 Å². The third-order valence-electron chi connectivity index (χ3n) is 1.75. The Hall–Kier alpha value is -0.820. The molecule has 0 bridgehead atoms. The van der Waals surface area contributed by atoms with Crippen molar-refractivity contribution in [1.29, 1.82) is 0 Å². The first-order chi connectivity index (χ1) is 5.93. The highest BCUT2D eigenvalue weighted by atomic mass is 14.8. The molecule has 1 heteroatoms. The van der Waals surface area contributed by atoms with Gasteiger partial charge in [-0.25, -0.2) is 0 Å². The smallest absolute Gasteiger partial charge is 0.0218 e. The Morgan fingerprint density at radius 1 is 1.25 bits per heavy atom. The highest BCUT2D eigenvalue weighted by Gasteiger charge is 1.89. The first kappa shape index (κ1) is 9.27. The molecule has 12 heavy (non-hydrogen) atoms. The summed E-state index contributed by atoms with van der Waals surface area (Å²) < 4.78 is 0. The summed E-state index contributed by atoms with van der Waals surface area (Å²) in [7, 11) is 0. The van der Waals surface area contributed by atoms with Crippen molar-refractivity contribution < 1.29 is 0 Å². The van der Waals surface area contributed by atoms with E-state index >= 15 is 0 Å². The van der Waals surface area contributed by atoms with Crippen LogP contribution >= 0.6 is 0 Å². The minimum absolute atomic E-state index is 1.04. The van der Waals surface area contributed by atoms with Crippen molar-refractivity contribution >= 4 is 0 Å². The van der Waals surface area contributed by atoms with Crippen molar-refractivity contribution in [1.82, 2.24) is 5.32 Å². The van der Waals surface area contributed by atoms with Crippen molar-refractivity contribution in [2.45, 2.75) is 19.8 Å². The summed E-state index contributed by atoms with van der Waals surface area (Å²) in [6.07, 6.45) is 2.20. The molecule has 0 spiro atoms. The van der Waals surface area contributed by atoms with Crippen LogP contribution in [0.4, 0.5) is 0 Å². The standard InChI is InChI=1S/C11H16N/c1-2-9-12-10-8-11-6-4-3-5-7-11/h3-7,9,12H,2,8,10H2,1H3. The van der Waals surface area contributed by atoms with E-state index in [2.05, 4.69) is 49.1 Å². The Balaban J connectivity index is 2.16. The fourth-order valence-electron chi connectivity index (χ4n) is 1.11. The normalized spacial score (nSPS) is 10.1. The van der Waals surface area contributed by atoms with Crippen LogP contribution in [0.25, 0.3) is 0 Å². The fraction of sp³-hybridized carbons (Fsp3) is 0.364. The van der Waals surface area contributed by atoms with Gasteiger partial charge in [-0.05, 0) is 24.9 Å². The maximum atomic E-state index is 3.26. The molecule has 0 heterocycles. The second-order valence-corrected chi connectivity index (χ2v) is 2.80. The van der Waals surface area contributed by atoms with Crippen LogP contribution < -0.4 is 5.32 Å². The van der Waals surface area contributed by atoms with Crippen LogP contribution in [0.3, 0.4) is 0 Å². The molecule has 65 valence electrons. The Bertz CT molecular complexity index is 193. The number of hydrogen-bond acceptors (Lipinski definition) is 1. The van der Waals surface area contributed by atoms with Gasteiger partial charge in [-0.2, -0.15) is 0 Å². The maximum Gasteiger partial charge on any atom is 0.0218 e. The lowest BCUT2D eigenvalue weighted by Crippen LogP contribution is -2.13. The van der Waals surface area contributed by atoms with Crippen molar-refractivity contribution in [3.05, 3.63) is 42.4 Å². The summed E-state index contributed by atoms with van der Waals surface area (Å²) in [5, 5.41) is 3.26. The molecule has 0 aromatic heterocycles. The first-order valence-corrected chi connectivity index (χ1v) is 4.52. The van der Waals surface area contributed by atoms with Gasteiger partial charge in [-0.15, -0.1) is 0 Å². The number of nitrogens with one attached hydrogen (secondary N) is 1. The molecule has 1 aromatic carbocycles. The van der Waals surface area contributed by atoms with Crippen LogP contribution in [-0.2, 0) is 6.42 Å². The molecule has 1 aromatic rings. The van der Waals surface area contributed by atoms with E-state index in [9.17, 15) is 0 Å². The lowest BCUT2D eigenvalue weighted by molar-refractivity contribution is 0.750.